The third-order valence-corrected chi connectivity index (χ3v) is 6.62. The molecule has 0 aromatic heterocycles. The van der Waals surface area contributed by atoms with Crippen molar-refractivity contribution < 1.29 is 28.5 Å². The van der Waals surface area contributed by atoms with Gasteiger partial charge in [-0.1, -0.05) is 30.3 Å². The van der Waals surface area contributed by atoms with Crippen molar-refractivity contribution in [1.82, 2.24) is 5.32 Å². The summed E-state index contributed by atoms with van der Waals surface area (Å²) in [5.74, 6) is -0.982. The van der Waals surface area contributed by atoms with E-state index in [9.17, 15) is 9.59 Å². The molecule has 2 heterocycles. The molecule has 1 N–H and O–H groups in total. The summed E-state index contributed by atoms with van der Waals surface area (Å²) >= 11 is 5.44. The quantitative estimate of drug-likeness (QED) is 0.558. The van der Waals surface area contributed by atoms with Gasteiger partial charge in [0.1, 0.15) is 29.3 Å². The predicted molar refractivity (Wildman–Crippen MR) is 105 cm³/mol. The smallest absolute Gasteiger partial charge is 0.414 e. The second-order valence-electron chi connectivity index (χ2n) is 8.18. The highest BCUT2D eigenvalue weighted by Crippen LogP contribution is 2.59. The van der Waals surface area contributed by atoms with E-state index in [-0.39, 0.29) is 23.5 Å². The molecule has 1 aliphatic carbocycles. The number of benzene rings is 1. The lowest BCUT2D eigenvalue weighted by molar-refractivity contribution is -0.124. The van der Waals surface area contributed by atoms with Crippen LogP contribution in [0.1, 0.15) is 25.3 Å². The van der Waals surface area contributed by atoms with E-state index in [4.69, 9.17) is 30.5 Å². The largest absolute Gasteiger partial charge is 0.443 e. The van der Waals surface area contributed by atoms with Crippen LogP contribution in [0, 0.1) is 5.92 Å². The van der Waals surface area contributed by atoms with E-state index in [2.05, 4.69) is 24.4 Å². The second kappa shape index (κ2) is 7.87. The molecule has 1 saturated carbocycles. The number of ether oxygens (including phenoxy) is 4. The molecule has 8 heteroatoms. The van der Waals surface area contributed by atoms with Gasteiger partial charge in [0, 0.05) is 13.5 Å². The Morgan fingerprint density at radius 1 is 1.31 bits per heavy atom. The van der Waals surface area contributed by atoms with Gasteiger partial charge in [-0.15, -0.1) is 11.6 Å². The van der Waals surface area contributed by atoms with Crippen molar-refractivity contribution in [3.63, 3.8) is 0 Å². The molecule has 2 saturated heterocycles. The minimum absolute atomic E-state index is 0.0408. The van der Waals surface area contributed by atoms with Crippen LogP contribution in [0.4, 0.5) is 4.79 Å². The molecule has 2 amide bonds. The molecule has 158 valence electrons. The fourth-order valence-corrected chi connectivity index (χ4v) is 4.90. The van der Waals surface area contributed by atoms with Gasteiger partial charge in [0.05, 0.1) is 18.6 Å². The van der Waals surface area contributed by atoms with Gasteiger partial charge in [0.25, 0.3) is 0 Å². The van der Waals surface area contributed by atoms with Gasteiger partial charge in [-0.3, -0.25) is 10.1 Å². The number of alkyl carbamates (subject to hydrolysis) is 1. The second-order valence-corrected chi connectivity index (χ2v) is 8.44. The van der Waals surface area contributed by atoms with Crippen LogP contribution >= 0.6 is 11.6 Å². The summed E-state index contributed by atoms with van der Waals surface area (Å²) in [7, 11) is 1.61. The molecule has 6 atom stereocenters. The number of carbonyl (C=O) groups excluding carboxylic acids is 2. The van der Waals surface area contributed by atoms with Crippen LogP contribution in [0.5, 0.6) is 0 Å². The van der Waals surface area contributed by atoms with Crippen LogP contribution in [0.2, 0.25) is 0 Å². The van der Waals surface area contributed by atoms with Crippen molar-refractivity contribution in [2.75, 3.05) is 19.6 Å². The molecule has 1 spiro atoms. The minimum atomic E-state index is -0.809. The first-order valence-electron chi connectivity index (χ1n) is 9.87. The Morgan fingerprint density at radius 3 is 2.66 bits per heavy atom. The summed E-state index contributed by atoms with van der Waals surface area (Å²) < 4.78 is 23.4. The van der Waals surface area contributed by atoms with Crippen LogP contribution in [0.3, 0.4) is 0 Å². The van der Waals surface area contributed by atoms with Crippen molar-refractivity contribution in [2.45, 2.75) is 55.7 Å². The van der Waals surface area contributed by atoms with E-state index in [0.29, 0.717) is 13.0 Å². The van der Waals surface area contributed by atoms with Gasteiger partial charge < -0.3 is 18.9 Å². The lowest BCUT2D eigenvalue weighted by atomic mass is 9.68. The maximum atomic E-state index is 12.1. The number of hydrogen-bond acceptors (Lipinski definition) is 6. The van der Waals surface area contributed by atoms with E-state index in [1.54, 1.807) is 7.11 Å². The predicted octanol–water partition coefficient (Wildman–Crippen LogP) is 2.44. The number of carbonyl (C=O) groups is 2. The van der Waals surface area contributed by atoms with Gasteiger partial charge in [0.2, 0.25) is 5.91 Å². The van der Waals surface area contributed by atoms with Gasteiger partial charge in [0.15, 0.2) is 0 Å². The number of methoxy groups -OCH3 is 1. The van der Waals surface area contributed by atoms with Crippen molar-refractivity contribution in [2.24, 2.45) is 5.92 Å². The molecule has 3 aliphatic rings. The molecule has 1 aromatic rings. The van der Waals surface area contributed by atoms with Crippen LogP contribution in [-0.4, -0.2) is 61.1 Å². The zero-order valence-electron chi connectivity index (χ0n) is 16.6. The number of amides is 2. The third-order valence-electron chi connectivity index (χ3n) is 6.38. The summed E-state index contributed by atoms with van der Waals surface area (Å²) in [4.78, 5) is 23.4. The summed E-state index contributed by atoms with van der Waals surface area (Å²) in [6.45, 7) is 2.73. The Morgan fingerprint density at radius 2 is 2.03 bits per heavy atom. The number of imide groups is 1. The highest BCUT2D eigenvalue weighted by Gasteiger charge is 2.72. The molecule has 2 aliphatic heterocycles. The van der Waals surface area contributed by atoms with Crippen molar-refractivity contribution >= 4 is 23.6 Å². The molecule has 7 nitrogen and oxygen atoms in total. The lowest BCUT2D eigenvalue weighted by Gasteiger charge is -2.42. The first-order chi connectivity index (χ1) is 13.9. The van der Waals surface area contributed by atoms with Gasteiger partial charge in [-0.25, -0.2) is 4.79 Å². The molecular formula is C21H26ClNO6. The zero-order chi connectivity index (χ0) is 20.6. The summed E-state index contributed by atoms with van der Waals surface area (Å²) in [5.41, 5.74) is 0.476. The Labute approximate surface area is 175 Å². The topological polar surface area (TPSA) is 89.7 Å². The third kappa shape index (κ3) is 4.01. The van der Waals surface area contributed by atoms with Crippen molar-refractivity contribution in [3.05, 3.63) is 35.9 Å². The Hall–Kier alpha value is -1.67. The first-order valence-corrected chi connectivity index (χ1v) is 10.4. The fourth-order valence-electron chi connectivity index (χ4n) is 4.83. The standard InChI is InChI=1S/C21H26ClNO6/c1-20(15(29-20)10-13-6-4-3-5-7-13)18-17(26-2)14(8-9-21(18)12-27-21)28-19(25)23-16(24)11-22/h3-7,14-15,17-18H,8-12H2,1-2H3,(H,23,24,25). The zero-order valence-corrected chi connectivity index (χ0v) is 17.3. The maximum Gasteiger partial charge on any atom is 0.414 e. The maximum absolute atomic E-state index is 12.1. The van der Waals surface area contributed by atoms with E-state index in [1.807, 2.05) is 18.2 Å². The van der Waals surface area contributed by atoms with E-state index < -0.39 is 29.8 Å². The summed E-state index contributed by atoms with van der Waals surface area (Å²) in [6.07, 6.45) is 0.481. The van der Waals surface area contributed by atoms with Crippen molar-refractivity contribution in [3.8, 4) is 0 Å². The van der Waals surface area contributed by atoms with E-state index in [0.717, 1.165) is 12.8 Å². The minimum Gasteiger partial charge on any atom is -0.443 e. The number of epoxide rings is 2. The van der Waals surface area contributed by atoms with Crippen LogP contribution in [-0.2, 0) is 30.2 Å². The molecule has 6 unspecified atom stereocenters. The molecular weight excluding hydrogens is 398 g/mol. The molecule has 0 bridgehead atoms. The Bertz CT molecular complexity index is 770. The van der Waals surface area contributed by atoms with Crippen LogP contribution in [0.25, 0.3) is 0 Å². The summed E-state index contributed by atoms with van der Waals surface area (Å²) in [6, 6.07) is 10.2. The Kier molecular flexibility index (Phi) is 5.59. The molecule has 1 aromatic carbocycles. The van der Waals surface area contributed by atoms with Gasteiger partial charge >= 0.3 is 6.09 Å². The Balaban J connectivity index is 1.48. The molecule has 3 fully saturated rings. The normalized spacial score (nSPS) is 37.8. The number of alkyl halides is 1. The van der Waals surface area contributed by atoms with E-state index >= 15 is 0 Å². The average Bonchev–Trinajstić information content (AvgIpc) is 3.62. The van der Waals surface area contributed by atoms with Gasteiger partial charge in [-0.2, -0.15) is 0 Å². The van der Waals surface area contributed by atoms with Crippen LogP contribution < -0.4 is 5.32 Å². The van der Waals surface area contributed by atoms with Crippen molar-refractivity contribution in [1.29, 1.82) is 0 Å². The fraction of sp³-hybridized carbons (Fsp3) is 0.619. The molecule has 29 heavy (non-hydrogen) atoms. The summed E-state index contributed by atoms with van der Waals surface area (Å²) in [5, 5.41) is 2.12. The highest BCUT2D eigenvalue weighted by molar-refractivity contribution is 6.28. The first kappa shape index (κ1) is 20.6. The molecule has 0 radical (unpaired) electrons. The van der Waals surface area contributed by atoms with Gasteiger partial charge in [-0.05, 0) is 25.3 Å². The van der Waals surface area contributed by atoms with E-state index in [1.165, 1.54) is 5.56 Å². The SMILES string of the molecule is COC1C(OC(=O)NC(=O)CCl)CCC2(CO2)C1C1(C)OC1Cc1ccccc1. The number of rotatable bonds is 6. The van der Waals surface area contributed by atoms with Crippen LogP contribution in [0.15, 0.2) is 30.3 Å². The monoisotopic (exact) mass is 423 g/mol. The number of halogens is 1. The molecule has 4 rings (SSSR count). The number of nitrogens with one attached hydrogen (secondary N) is 1. The average molecular weight is 424 g/mol. The highest BCUT2D eigenvalue weighted by atomic mass is 35.5. The number of hydrogen-bond donors (Lipinski definition) is 1. The lowest BCUT2D eigenvalue weighted by Crippen LogP contribution is -2.56.